The van der Waals surface area contributed by atoms with Crippen LogP contribution in [0.3, 0.4) is 0 Å². The van der Waals surface area contributed by atoms with Crippen molar-refractivity contribution in [3.63, 3.8) is 0 Å². The minimum atomic E-state index is -0.507. The summed E-state index contributed by atoms with van der Waals surface area (Å²) in [6.45, 7) is 7.51. The smallest absolute Gasteiger partial charge is 0.343 e. The first-order valence-corrected chi connectivity index (χ1v) is 12.8. The van der Waals surface area contributed by atoms with Crippen molar-refractivity contribution in [2.24, 2.45) is 11.7 Å². The number of carbonyl (C=O) groups excluding carboxylic acids is 1. The SMILES string of the molecule is CCCCOc1ccc(C2C(C#N)=C(N)Oc3cc(OC(=O)c4ccc(OCC(C)C)cc4)ccc32)cc1. The standard InChI is InChI=1S/C31H32N2O5/c1-4-5-16-35-23-10-6-21(7-11-23)29-26-15-14-25(17-28(26)38-30(33)27(29)18-32)37-31(34)22-8-12-24(13-9-22)36-19-20(2)3/h6-15,17,20,29H,4-5,16,19,33H2,1-3H3. The van der Waals surface area contributed by atoms with Crippen molar-refractivity contribution in [1.29, 1.82) is 5.26 Å². The van der Waals surface area contributed by atoms with Gasteiger partial charge in [0.1, 0.15) is 34.6 Å². The van der Waals surface area contributed by atoms with Crippen molar-refractivity contribution in [3.8, 4) is 29.1 Å². The van der Waals surface area contributed by atoms with E-state index >= 15 is 0 Å². The molecule has 1 atom stereocenters. The first kappa shape index (κ1) is 26.6. The molecule has 0 radical (unpaired) electrons. The Morgan fingerprint density at radius 3 is 2.32 bits per heavy atom. The molecule has 3 aromatic carbocycles. The van der Waals surface area contributed by atoms with Gasteiger partial charge in [-0.3, -0.25) is 0 Å². The summed E-state index contributed by atoms with van der Waals surface area (Å²) in [6.07, 6.45) is 2.04. The van der Waals surface area contributed by atoms with Gasteiger partial charge in [0, 0.05) is 11.6 Å². The van der Waals surface area contributed by atoms with Crippen LogP contribution in [0.4, 0.5) is 0 Å². The lowest BCUT2D eigenvalue weighted by Crippen LogP contribution is -2.21. The number of hydrogen-bond donors (Lipinski definition) is 1. The summed E-state index contributed by atoms with van der Waals surface area (Å²) in [7, 11) is 0. The number of nitrogens with zero attached hydrogens (tertiary/aromatic N) is 1. The number of rotatable bonds is 10. The number of esters is 1. The Kier molecular flexibility index (Phi) is 8.55. The van der Waals surface area contributed by atoms with E-state index in [2.05, 4.69) is 26.8 Å². The maximum absolute atomic E-state index is 12.7. The summed E-state index contributed by atoms with van der Waals surface area (Å²) >= 11 is 0. The summed E-state index contributed by atoms with van der Waals surface area (Å²) in [5.41, 5.74) is 8.48. The number of unbranched alkanes of at least 4 members (excludes halogenated alkanes) is 1. The highest BCUT2D eigenvalue weighted by molar-refractivity contribution is 5.91. The predicted molar refractivity (Wildman–Crippen MR) is 144 cm³/mol. The molecule has 0 amide bonds. The van der Waals surface area contributed by atoms with Gasteiger partial charge in [-0.2, -0.15) is 5.26 Å². The Morgan fingerprint density at radius 1 is 1.00 bits per heavy atom. The molecule has 1 aliphatic rings. The average molecular weight is 513 g/mol. The van der Waals surface area contributed by atoms with Crippen LogP contribution in [0, 0.1) is 17.2 Å². The summed E-state index contributed by atoms with van der Waals surface area (Å²) in [5.74, 6) is 1.70. The van der Waals surface area contributed by atoms with Gasteiger partial charge in [-0.15, -0.1) is 0 Å². The third-order valence-electron chi connectivity index (χ3n) is 6.05. The Labute approximate surface area is 223 Å². The van der Waals surface area contributed by atoms with Crippen molar-refractivity contribution in [1.82, 2.24) is 0 Å². The summed E-state index contributed by atoms with van der Waals surface area (Å²) in [4.78, 5) is 12.7. The largest absolute Gasteiger partial charge is 0.494 e. The minimum Gasteiger partial charge on any atom is -0.494 e. The molecule has 3 aromatic rings. The molecule has 7 nitrogen and oxygen atoms in total. The summed E-state index contributed by atoms with van der Waals surface area (Å²) < 4.78 is 22.8. The number of hydrogen-bond acceptors (Lipinski definition) is 7. The van der Waals surface area contributed by atoms with Crippen LogP contribution in [-0.4, -0.2) is 19.2 Å². The maximum atomic E-state index is 12.7. The Morgan fingerprint density at radius 2 is 1.66 bits per heavy atom. The van der Waals surface area contributed by atoms with Gasteiger partial charge in [-0.1, -0.05) is 45.4 Å². The van der Waals surface area contributed by atoms with Crippen LogP contribution in [0.1, 0.15) is 61.0 Å². The van der Waals surface area contributed by atoms with Crippen LogP contribution >= 0.6 is 0 Å². The zero-order valence-electron chi connectivity index (χ0n) is 21.9. The molecule has 4 rings (SSSR count). The van der Waals surface area contributed by atoms with E-state index in [1.165, 1.54) is 0 Å². The summed E-state index contributed by atoms with van der Waals surface area (Å²) in [6, 6.07) is 21.7. The van der Waals surface area contributed by atoms with E-state index in [-0.39, 0.29) is 5.88 Å². The van der Waals surface area contributed by atoms with E-state index in [9.17, 15) is 10.1 Å². The summed E-state index contributed by atoms with van der Waals surface area (Å²) in [5, 5.41) is 9.83. The molecular weight excluding hydrogens is 480 g/mol. The number of fused-ring (bicyclic) bond motifs is 1. The number of carbonyl (C=O) groups is 1. The Balaban J connectivity index is 1.52. The van der Waals surface area contributed by atoms with Crippen molar-refractivity contribution in [2.75, 3.05) is 13.2 Å². The third kappa shape index (κ3) is 6.27. The minimum absolute atomic E-state index is 0.0220. The van der Waals surface area contributed by atoms with E-state index in [0.717, 1.165) is 29.7 Å². The Bertz CT molecular complexity index is 1340. The number of allylic oxidation sites excluding steroid dienone is 1. The second kappa shape index (κ2) is 12.2. The molecule has 2 N–H and O–H groups in total. The van der Waals surface area contributed by atoms with E-state index in [1.807, 2.05) is 24.3 Å². The van der Waals surface area contributed by atoms with Crippen LogP contribution in [0.25, 0.3) is 0 Å². The molecule has 0 saturated heterocycles. The maximum Gasteiger partial charge on any atom is 0.343 e. The van der Waals surface area contributed by atoms with E-state index in [0.29, 0.717) is 47.5 Å². The molecule has 196 valence electrons. The normalized spacial score (nSPS) is 14.3. The van der Waals surface area contributed by atoms with Crippen LogP contribution in [-0.2, 0) is 0 Å². The van der Waals surface area contributed by atoms with Crippen molar-refractivity contribution in [2.45, 2.75) is 39.5 Å². The van der Waals surface area contributed by atoms with Gasteiger partial charge in [0.05, 0.1) is 24.7 Å². The lowest BCUT2D eigenvalue weighted by Gasteiger charge is -2.26. The monoisotopic (exact) mass is 512 g/mol. The zero-order chi connectivity index (χ0) is 27.1. The predicted octanol–water partition coefficient (Wildman–Crippen LogP) is 6.34. The zero-order valence-corrected chi connectivity index (χ0v) is 21.9. The number of nitriles is 1. The molecule has 1 unspecified atom stereocenters. The fourth-order valence-electron chi connectivity index (χ4n) is 4.05. The van der Waals surface area contributed by atoms with Crippen molar-refractivity contribution >= 4 is 5.97 Å². The second-order valence-corrected chi connectivity index (χ2v) is 9.51. The average Bonchev–Trinajstić information content (AvgIpc) is 2.92. The van der Waals surface area contributed by atoms with Gasteiger partial charge in [0.2, 0.25) is 5.88 Å². The van der Waals surface area contributed by atoms with Crippen molar-refractivity contribution in [3.05, 3.63) is 94.9 Å². The fourth-order valence-corrected chi connectivity index (χ4v) is 4.05. The highest BCUT2D eigenvalue weighted by Crippen LogP contribution is 2.43. The van der Waals surface area contributed by atoms with Crippen molar-refractivity contribution < 1.29 is 23.7 Å². The third-order valence-corrected chi connectivity index (χ3v) is 6.05. The van der Waals surface area contributed by atoms with Crippen LogP contribution < -0.4 is 24.7 Å². The topological polar surface area (TPSA) is 104 Å². The molecule has 7 heteroatoms. The van der Waals surface area contributed by atoms with E-state index in [4.69, 9.17) is 24.7 Å². The molecule has 0 spiro atoms. The lowest BCUT2D eigenvalue weighted by atomic mass is 9.83. The van der Waals surface area contributed by atoms with Crippen LogP contribution in [0.2, 0.25) is 0 Å². The van der Waals surface area contributed by atoms with Gasteiger partial charge in [-0.25, -0.2) is 4.79 Å². The molecule has 0 aromatic heterocycles. The van der Waals surface area contributed by atoms with Gasteiger partial charge >= 0.3 is 5.97 Å². The molecular formula is C31H32N2O5. The molecule has 1 heterocycles. The van der Waals surface area contributed by atoms with Gasteiger partial charge in [-0.05, 0) is 60.4 Å². The van der Waals surface area contributed by atoms with Crippen LogP contribution in [0.5, 0.6) is 23.0 Å². The lowest BCUT2D eigenvalue weighted by molar-refractivity contribution is 0.0734. The van der Waals surface area contributed by atoms with Gasteiger partial charge < -0.3 is 24.7 Å². The van der Waals surface area contributed by atoms with E-state index < -0.39 is 11.9 Å². The van der Waals surface area contributed by atoms with Crippen LogP contribution in [0.15, 0.2) is 78.2 Å². The van der Waals surface area contributed by atoms with Gasteiger partial charge in [0.25, 0.3) is 0 Å². The number of nitrogens with two attached hydrogens (primary N) is 1. The van der Waals surface area contributed by atoms with Gasteiger partial charge in [0.15, 0.2) is 0 Å². The number of ether oxygens (including phenoxy) is 4. The first-order chi connectivity index (χ1) is 18.4. The first-order valence-electron chi connectivity index (χ1n) is 12.8. The molecule has 0 fully saturated rings. The fraction of sp³-hybridized carbons (Fsp3) is 0.290. The molecule has 0 aliphatic carbocycles. The second-order valence-electron chi connectivity index (χ2n) is 9.51. The van der Waals surface area contributed by atoms with E-state index in [1.54, 1.807) is 42.5 Å². The molecule has 0 bridgehead atoms. The molecule has 1 aliphatic heterocycles. The number of benzene rings is 3. The molecule has 0 saturated carbocycles. The quantitative estimate of drug-likeness (QED) is 0.192. The molecule has 38 heavy (non-hydrogen) atoms. The highest BCUT2D eigenvalue weighted by atomic mass is 16.5. The highest BCUT2D eigenvalue weighted by Gasteiger charge is 2.31. The Hall–Kier alpha value is -4.44.